The average Bonchev–Trinajstić information content (AvgIpc) is 2.46. The Kier molecular flexibility index (Phi) is 4.43. The quantitative estimate of drug-likeness (QED) is 0.818. The summed E-state index contributed by atoms with van der Waals surface area (Å²) in [7, 11) is 0. The van der Waals surface area contributed by atoms with Crippen LogP contribution in [-0.2, 0) is 0 Å². The van der Waals surface area contributed by atoms with Gasteiger partial charge in [-0.05, 0) is 30.3 Å². The fourth-order valence-corrected chi connectivity index (χ4v) is 1.59. The first-order valence-corrected chi connectivity index (χ1v) is 5.81. The van der Waals surface area contributed by atoms with Crippen molar-refractivity contribution in [3.8, 4) is 11.8 Å². The molecule has 1 aromatic carbocycles. The summed E-state index contributed by atoms with van der Waals surface area (Å²) in [6, 6.07) is 6.98. The number of nitrogens with one attached hydrogen (secondary N) is 1. The van der Waals surface area contributed by atoms with Crippen molar-refractivity contribution in [1.82, 2.24) is 4.98 Å². The molecule has 0 saturated heterocycles. The number of aliphatic hydroxyl groups is 1. The van der Waals surface area contributed by atoms with Crippen LogP contribution in [0.1, 0.15) is 15.9 Å². The lowest BCUT2D eigenvalue weighted by Crippen LogP contribution is -2.13. The summed E-state index contributed by atoms with van der Waals surface area (Å²) in [5, 5.41) is 11.3. The molecular weight excluding hydrogens is 259 g/mol. The third-order valence-electron chi connectivity index (χ3n) is 2.47. The first kappa shape index (κ1) is 13.7. The normalized spacial score (nSPS) is 9.50. The molecule has 1 heterocycles. The van der Waals surface area contributed by atoms with Crippen LogP contribution in [-0.4, -0.2) is 22.6 Å². The van der Waals surface area contributed by atoms with Crippen LogP contribution in [0.5, 0.6) is 0 Å². The molecule has 0 aliphatic rings. The van der Waals surface area contributed by atoms with Gasteiger partial charge in [0.2, 0.25) is 0 Å². The predicted octanol–water partition coefficient (Wildman–Crippen LogP) is 1.82. The molecule has 20 heavy (non-hydrogen) atoms. The van der Waals surface area contributed by atoms with Crippen molar-refractivity contribution < 1.29 is 14.3 Å². The largest absolute Gasteiger partial charge is 0.384 e. The second-order valence-corrected chi connectivity index (χ2v) is 3.84. The van der Waals surface area contributed by atoms with E-state index in [0.717, 1.165) is 6.07 Å². The third kappa shape index (κ3) is 3.40. The Morgan fingerprint density at radius 1 is 1.30 bits per heavy atom. The molecule has 100 valence electrons. The number of aliphatic hydroxyl groups excluding tert-OH is 1. The van der Waals surface area contributed by atoms with Crippen LogP contribution < -0.4 is 5.32 Å². The minimum atomic E-state index is -0.493. The van der Waals surface area contributed by atoms with Crippen molar-refractivity contribution in [1.29, 1.82) is 0 Å². The Morgan fingerprint density at radius 3 is 2.75 bits per heavy atom. The van der Waals surface area contributed by atoms with Crippen LogP contribution in [0.25, 0.3) is 0 Å². The topological polar surface area (TPSA) is 62.2 Å². The van der Waals surface area contributed by atoms with Gasteiger partial charge in [0.1, 0.15) is 12.4 Å². The maximum Gasteiger partial charge on any atom is 0.256 e. The highest BCUT2D eigenvalue weighted by molar-refractivity contribution is 6.05. The van der Waals surface area contributed by atoms with E-state index in [2.05, 4.69) is 22.1 Å². The number of anilines is 1. The molecule has 1 aromatic heterocycles. The summed E-state index contributed by atoms with van der Waals surface area (Å²) in [5.41, 5.74) is 1.05. The molecule has 2 rings (SSSR count). The van der Waals surface area contributed by atoms with E-state index >= 15 is 0 Å². The van der Waals surface area contributed by atoms with E-state index in [9.17, 15) is 9.18 Å². The number of hydrogen-bond acceptors (Lipinski definition) is 3. The van der Waals surface area contributed by atoms with E-state index in [-0.39, 0.29) is 17.7 Å². The average molecular weight is 270 g/mol. The van der Waals surface area contributed by atoms with Gasteiger partial charge in [-0.3, -0.25) is 9.78 Å². The molecule has 2 aromatic rings. The molecule has 0 aliphatic heterocycles. The Labute approximate surface area is 115 Å². The SMILES string of the molecule is O=C(Nc1ccncc1)c1ccc(F)cc1C#CCO. The summed E-state index contributed by atoms with van der Waals surface area (Å²) >= 11 is 0. The molecule has 0 atom stereocenters. The van der Waals surface area contributed by atoms with Crippen LogP contribution in [0.15, 0.2) is 42.7 Å². The molecule has 1 amide bonds. The summed E-state index contributed by atoms with van der Waals surface area (Å²) < 4.78 is 13.2. The summed E-state index contributed by atoms with van der Waals surface area (Å²) in [6.45, 7) is -0.359. The van der Waals surface area contributed by atoms with Gasteiger partial charge in [-0.25, -0.2) is 4.39 Å². The minimum Gasteiger partial charge on any atom is -0.384 e. The number of hydrogen-bond donors (Lipinski definition) is 2. The Hall–Kier alpha value is -2.71. The number of halogens is 1. The number of carbonyl (C=O) groups is 1. The number of amides is 1. The minimum absolute atomic E-state index is 0.227. The van der Waals surface area contributed by atoms with Gasteiger partial charge in [0.25, 0.3) is 5.91 Å². The summed E-state index contributed by atoms with van der Waals surface area (Å²) in [5.74, 6) is 4.06. The molecule has 0 fully saturated rings. The van der Waals surface area contributed by atoms with E-state index in [0.29, 0.717) is 5.69 Å². The molecule has 4 nitrogen and oxygen atoms in total. The maximum atomic E-state index is 13.2. The highest BCUT2D eigenvalue weighted by Crippen LogP contribution is 2.13. The van der Waals surface area contributed by atoms with Crippen molar-refractivity contribution in [2.24, 2.45) is 0 Å². The van der Waals surface area contributed by atoms with Crippen molar-refractivity contribution in [3.05, 3.63) is 59.7 Å². The molecule has 0 radical (unpaired) electrons. The number of pyridine rings is 1. The molecule has 2 N–H and O–H groups in total. The second-order valence-electron chi connectivity index (χ2n) is 3.84. The van der Waals surface area contributed by atoms with Crippen LogP contribution in [0.2, 0.25) is 0 Å². The molecule has 5 heteroatoms. The maximum absolute atomic E-state index is 13.2. The Balaban J connectivity index is 2.30. The zero-order chi connectivity index (χ0) is 14.4. The van der Waals surface area contributed by atoms with Crippen molar-refractivity contribution in [3.63, 3.8) is 0 Å². The zero-order valence-electron chi connectivity index (χ0n) is 10.4. The summed E-state index contributed by atoms with van der Waals surface area (Å²) in [6.07, 6.45) is 3.10. The zero-order valence-corrected chi connectivity index (χ0v) is 10.4. The smallest absolute Gasteiger partial charge is 0.256 e. The number of carbonyl (C=O) groups excluding carboxylic acids is 1. The van der Waals surface area contributed by atoms with E-state index < -0.39 is 11.7 Å². The van der Waals surface area contributed by atoms with Crippen LogP contribution in [0, 0.1) is 17.7 Å². The summed E-state index contributed by atoms with van der Waals surface area (Å²) in [4.78, 5) is 16.0. The number of nitrogens with zero attached hydrogens (tertiary/aromatic N) is 1. The van der Waals surface area contributed by atoms with Gasteiger partial charge in [-0.15, -0.1) is 0 Å². The van der Waals surface area contributed by atoms with Crippen molar-refractivity contribution >= 4 is 11.6 Å². The van der Waals surface area contributed by atoms with Gasteiger partial charge in [0.05, 0.1) is 5.56 Å². The van der Waals surface area contributed by atoms with Crippen LogP contribution in [0.4, 0.5) is 10.1 Å². The van der Waals surface area contributed by atoms with Crippen molar-refractivity contribution in [2.45, 2.75) is 0 Å². The lowest BCUT2D eigenvalue weighted by atomic mass is 10.1. The van der Waals surface area contributed by atoms with Gasteiger partial charge >= 0.3 is 0 Å². The van der Waals surface area contributed by atoms with Gasteiger partial charge in [0.15, 0.2) is 0 Å². The van der Waals surface area contributed by atoms with Gasteiger partial charge in [0, 0.05) is 23.6 Å². The first-order valence-electron chi connectivity index (χ1n) is 5.81. The van der Waals surface area contributed by atoms with Crippen molar-refractivity contribution in [2.75, 3.05) is 11.9 Å². The standard InChI is InChI=1S/C15H11FN2O2/c16-12-3-4-14(11(10-12)2-1-9-19)15(20)18-13-5-7-17-8-6-13/h3-8,10,19H,9H2,(H,17,18,20). The van der Waals surface area contributed by atoms with Gasteiger partial charge in [-0.1, -0.05) is 11.8 Å². The van der Waals surface area contributed by atoms with Crippen LogP contribution in [0.3, 0.4) is 0 Å². The molecule has 0 spiro atoms. The van der Waals surface area contributed by atoms with E-state index in [1.807, 2.05) is 0 Å². The molecular formula is C15H11FN2O2. The molecule has 0 saturated carbocycles. The molecule has 0 bridgehead atoms. The van der Waals surface area contributed by atoms with Crippen LogP contribution >= 0.6 is 0 Å². The first-order chi connectivity index (χ1) is 9.70. The van der Waals surface area contributed by atoms with Gasteiger partial charge in [-0.2, -0.15) is 0 Å². The van der Waals surface area contributed by atoms with E-state index in [4.69, 9.17) is 5.11 Å². The number of aromatic nitrogens is 1. The monoisotopic (exact) mass is 270 g/mol. The Morgan fingerprint density at radius 2 is 2.05 bits per heavy atom. The molecule has 0 unspecified atom stereocenters. The number of benzene rings is 1. The Bertz CT molecular complexity index is 675. The third-order valence-corrected chi connectivity index (χ3v) is 2.47. The number of rotatable bonds is 2. The lowest BCUT2D eigenvalue weighted by molar-refractivity contribution is 0.102. The highest BCUT2D eigenvalue weighted by atomic mass is 19.1. The fourth-order valence-electron chi connectivity index (χ4n) is 1.59. The molecule has 0 aliphatic carbocycles. The second kappa shape index (κ2) is 6.45. The van der Waals surface area contributed by atoms with E-state index in [1.54, 1.807) is 24.5 Å². The highest BCUT2D eigenvalue weighted by Gasteiger charge is 2.11. The van der Waals surface area contributed by atoms with Gasteiger partial charge < -0.3 is 10.4 Å². The van der Waals surface area contributed by atoms with E-state index in [1.165, 1.54) is 12.1 Å². The predicted molar refractivity (Wildman–Crippen MR) is 72.6 cm³/mol. The fraction of sp³-hybridized carbons (Fsp3) is 0.0667. The lowest BCUT2D eigenvalue weighted by Gasteiger charge is -2.06.